The molecule has 2 aromatic carbocycles. The summed E-state index contributed by atoms with van der Waals surface area (Å²) in [5.74, 6) is -2.16. The molecule has 0 radical (unpaired) electrons. The van der Waals surface area contributed by atoms with Crippen molar-refractivity contribution < 1.29 is 13.2 Å². The lowest BCUT2D eigenvalue weighted by atomic mass is 9.72. The highest BCUT2D eigenvalue weighted by Crippen LogP contribution is 2.45. The lowest BCUT2D eigenvalue weighted by molar-refractivity contribution is 0.00715. The van der Waals surface area contributed by atoms with Gasteiger partial charge in [-0.05, 0) is 67.3 Å². The van der Waals surface area contributed by atoms with Crippen molar-refractivity contribution in [3.05, 3.63) is 99.3 Å². The smallest absolute Gasteiger partial charge is 0.126 e. The van der Waals surface area contributed by atoms with Crippen LogP contribution in [-0.2, 0) is 0 Å². The maximum absolute atomic E-state index is 15.2. The van der Waals surface area contributed by atoms with Gasteiger partial charge in [-0.3, -0.25) is 9.88 Å². The number of hydrogen-bond acceptors (Lipinski definition) is 2. The molecule has 0 bridgehead atoms. The van der Waals surface area contributed by atoms with Crippen LogP contribution in [0.25, 0.3) is 0 Å². The fourth-order valence-electron chi connectivity index (χ4n) is 4.72. The van der Waals surface area contributed by atoms with Crippen LogP contribution in [0.5, 0.6) is 0 Å². The molecule has 2 unspecified atom stereocenters. The second kappa shape index (κ2) is 9.05. The summed E-state index contributed by atoms with van der Waals surface area (Å²) < 4.78 is 43.0. The summed E-state index contributed by atoms with van der Waals surface area (Å²) in [5.41, 5.74) is 0.497. The number of benzene rings is 2. The van der Waals surface area contributed by atoms with E-state index in [9.17, 15) is 8.78 Å². The predicted octanol–water partition coefficient (Wildman–Crippen LogP) is 7.22. The molecule has 3 aromatic rings. The third kappa shape index (κ3) is 4.95. The van der Waals surface area contributed by atoms with Crippen molar-refractivity contribution in [2.75, 3.05) is 13.1 Å². The van der Waals surface area contributed by atoms with Gasteiger partial charge in [0.15, 0.2) is 0 Å². The monoisotopic (exact) mass is 478 g/mol. The largest absolute Gasteiger partial charge is 0.290 e. The van der Waals surface area contributed by atoms with Crippen molar-refractivity contribution in [2.45, 2.75) is 31.5 Å². The van der Waals surface area contributed by atoms with Gasteiger partial charge in [-0.25, -0.2) is 13.2 Å². The normalized spacial score (nSPS) is 17.1. The molecule has 0 amide bonds. The van der Waals surface area contributed by atoms with E-state index in [-0.39, 0.29) is 12.0 Å². The third-order valence-electron chi connectivity index (χ3n) is 5.97. The summed E-state index contributed by atoms with van der Waals surface area (Å²) in [4.78, 5) is 6.68. The zero-order valence-electron chi connectivity index (χ0n) is 17.7. The molecule has 0 spiro atoms. The Morgan fingerprint density at radius 1 is 0.906 bits per heavy atom. The van der Waals surface area contributed by atoms with Gasteiger partial charge in [0.2, 0.25) is 0 Å². The molecule has 0 saturated carbocycles. The van der Waals surface area contributed by atoms with E-state index < -0.39 is 23.2 Å². The van der Waals surface area contributed by atoms with Crippen LogP contribution in [0, 0.1) is 17.6 Å². The molecule has 1 saturated heterocycles. The molecular weight excluding hydrogens is 456 g/mol. The fourth-order valence-corrected chi connectivity index (χ4v) is 4.95. The van der Waals surface area contributed by atoms with Crippen molar-refractivity contribution >= 4 is 23.2 Å². The van der Waals surface area contributed by atoms with Gasteiger partial charge in [-0.2, -0.15) is 0 Å². The van der Waals surface area contributed by atoms with Crippen LogP contribution >= 0.6 is 23.2 Å². The number of nitrogens with zero attached hydrogens (tertiary/aromatic N) is 2. The SMILES string of the molecule is CC(C)(F)C(c1cc(F)cc(F)c1)C1CN(C(c2ccc(Cl)cc2)c2ccc(Cl)cn2)C1. The summed E-state index contributed by atoms with van der Waals surface area (Å²) in [5, 5.41) is 1.17. The molecule has 7 heteroatoms. The number of likely N-dealkylation sites (tertiary alicyclic amines) is 1. The lowest BCUT2D eigenvalue weighted by Crippen LogP contribution is -2.54. The van der Waals surface area contributed by atoms with Gasteiger partial charge in [0, 0.05) is 36.3 Å². The molecule has 2 nitrogen and oxygen atoms in total. The van der Waals surface area contributed by atoms with E-state index in [4.69, 9.17) is 23.2 Å². The zero-order chi connectivity index (χ0) is 23.0. The minimum Gasteiger partial charge on any atom is -0.290 e. The Morgan fingerprint density at radius 2 is 1.50 bits per heavy atom. The topological polar surface area (TPSA) is 16.1 Å². The highest BCUT2D eigenvalue weighted by atomic mass is 35.5. The van der Waals surface area contributed by atoms with E-state index in [0.717, 1.165) is 17.3 Å². The van der Waals surface area contributed by atoms with Crippen LogP contribution in [0.15, 0.2) is 60.8 Å². The summed E-state index contributed by atoms with van der Waals surface area (Å²) in [6, 6.07) is 14.3. The number of halogens is 5. The Kier molecular flexibility index (Phi) is 6.53. The van der Waals surface area contributed by atoms with E-state index in [2.05, 4.69) is 9.88 Å². The van der Waals surface area contributed by atoms with Gasteiger partial charge in [0.05, 0.1) is 16.8 Å². The van der Waals surface area contributed by atoms with Crippen molar-refractivity contribution in [2.24, 2.45) is 5.92 Å². The molecule has 0 aliphatic carbocycles. The van der Waals surface area contributed by atoms with Crippen LogP contribution < -0.4 is 0 Å². The van der Waals surface area contributed by atoms with Gasteiger partial charge in [0.1, 0.15) is 17.3 Å². The molecule has 168 valence electrons. The van der Waals surface area contributed by atoms with Crippen LogP contribution in [0.1, 0.15) is 42.6 Å². The number of aromatic nitrogens is 1. The van der Waals surface area contributed by atoms with Crippen LogP contribution in [0.3, 0.4) is 0 Å². The van der Waals surface area contributed by atoms with Gasteiger partial charge in [-0.1, -0.05) is 35.3 Å². The number of rotatable bonds is 6. The summed E-state index contributed by atoms with van der Waals surface area (Å²) in [7, 11) is 0. The van der Waals surface area contributed by atoms with Gasteiger partial charge in [0.25, 0.3) is 0 Å². The second-order valence-electron chi connectivity index (χ2n) is 8.81. The zero-order valence-corrected chi connectivity index (χ0v) is 19.2. The molecule has 1 aromatic heterocycles. The number of alkyl halides is 1. The molecule has 1 aliphatic rings. The van der Waals surface area contributed by atoms with Crippen LogP contribution in [-0.4, -0.2) is 28.6 Å². The lowest BCUT2D eigenvalue weighted by Gasteiger charge is -2.49. The van der Waals surface area contributed by atoms with E-state index >= 15 is 4.39 Å². The Balaban J connectivity index is 1.63. The standard InChI is InChI=1S/C25H23Cl2F3N2/c1-25(2,30)23(16-9-20(28)11-21(29)10-16)17-13-32(14-17)24(15-3-5-18(26)6-4-15)22-8-7-19(27)12-31-22/h3-12,17,23-24H,13-14H2,1-2H3. The fraction of sp³-hybridized carbons (Fsp3) is 0.320. The summed E-state index contributed by atoms with van der Waals surface area (Å²) >= 11 is 12.1. The molecule has 1 aliphatic heterocycles. The summed E-state index contributed by atoms with van der Waals surface area (Å²) in [6.07, 6.45) is 1.60. The molecule has 2 heterocycles. The van der Waals surface area contributed by atoms with Crippen LogP contribution in [0.2, 0.25) is 10.0 Å². The van der Waals surface area contributed by atoms with Crippen molar-refractivity contribution in [1.82, 2.24) is 9.88 Å². The molecule has 32 heavy (non-hydrogen) atoms. The van der Waals surface area contributed by atoms with E-state index in [1.807, 2.05) is 30.3 Å². The Labute approximate surface area is 196 Å². The molecular formula is C25H23Cl2F3N2. The second-order valence-corrected chi connectivity index (χ2v) is 9.69. The minimum absolute atomic E-state index is 0.113. The van der Waals surface area contributed by atoms with Gasteiger partial charge >= 0.3 is 0 Å². The average Bonchev–Trinajstić information content (AvgIpc) is 2.67. The van der Waals surface area contributed by atoms with Crippen molar-refractivity contribution in [1.29, 1.82) is 0 Å². The first-order valence-electron chi connectivity index (χ1n) is 10.4. The van der Waals surface area contributed by atoms with Gasteiger partial charge in [-0.15, -0.1) is 0 Å². The first-order valence-corrected chi connectivity index (χ1v) is 11.1. The summed E-state index contributed by atoms with van der Waals surface area (Å²) in [6.45, 7) is 4.02. The molecule has 2 atom stereocenters. The van der Waals surface area contributed by atoms with E-state index in [1.54, 1.807) is 12.3 Å². The predicted molar refractivity (Wildman–Crippen MR) is 122 cm³/mol. The maximum atomic E-state index is 15.2. The van der Waals surface area contributed by atoms with Crippen molar-refractivity contribution in [3.63, 3.8) is 0 Å². The Bertz CT molecular complexity index is 1010. The molecule has 4 rings (SSSR count). The van der Waals surface area contributed by atoms with E-state index in [1.165, 1.54) is 26.0 Å². The van der Waals surface area contributed by atoms with Gasteiger partial charge < -0.3 is 0 Å². The third-order valence-corrected chi connectivity index (χ3v) is 6.45. The first kappa shape index (κ1) is 23.1. The van der Waals surface area contributed by atoms with E-state index in [0.29, 0.717) is 28.7 Å². The van der Waals surface area contributed by atoms with Crippen LogP contribution in [0.4, 0.5) is 13.2 Å². The highest BCUT2D eigenvalue weighted by molar-refractivity contribution is 6.30. The Morgan fingerprint density at radius 3 is 2.03 bits per heavy atom. The average molecular weight is 479 g/mol. The first-order chi connectivity index (χ1) is 15.1. The maximum Gasteiger partial charge on any atom is 0.126 e. The molecule has 0 N–H and O–H groups in total. The highest BCUT2D eigenvalue weighted by Gasteiger charge is 2.45. The minimum atomic E-state index is -1.65. The number of hydrogen-bond donors (Lipinski definition) is 0. The quantitative estimate of drug-likeness (QED) is 0.371. The van der Waals surface area contributed by atoms with Crippen molar-refractivity contribution in [3.8, 4) is 0 Å². The number of pyridine rings is 1. The molecule has 1 fully saturated rings. The Hall–Kier alpha value is -2.08.